The minimum Gasteiger partial charge on any atom is -0.449 e. The van der Waals surface area contributed by atoms with E-state index in [1.807, 2.05) is 30.3 Å². The van der Waals surface area contributed by atoms with Crippen molar-refractivity contribution < 1.29 is 18.8 Å². The Bertz CT molecular complexity index is 972. The van der Waals surface area contributed by atoms with E-state index in [9.17, 15) is 9.59 Å². The second-order valence-corrected chi connectivity index (χ2v) is 5.65. The molecule has 1 atom stereocenters. The number of aryl methyl sites for hydroxylation is 1. The maximum atomic E-state index is 12.0. The van der Waals surface area contributed by atoms with Gasteiger partial charge in [-0.05, 0) is 26.0 Å². The molecule has 0 aliphatic heterocycles. The SMILES string of the molecule is Cc1cc(NC(=O)C(C)OC(=O)/C=C/c2cccc3cccnc23)no1. The van der Waals surface area contributed by atoms with E-state index in [0.717, 1.165) is 16.5 Å². The van der Waals surface area contributed by atoms with Crippen LogP contribution in [0, 0.1) is 6.92 Å². The highest BCUT2D eigenvalue weighted by atomic mass is 16.5. The van der Waals surface area contributed by atoms with Crippen LogP contribution in [0.2, 0.25) is 0 Å². The second kappa shape index (κ2) is 7.60. The third-order valence-corrected chi connectivity index (χ3v) is 3.60. The van der Waals surface area contributed by atoms with Gasteiger partial charge in [0.15, 0.2) is 11.9 Å². The molecule has 26 heavy (non-hydrogen) atoms. The molecule has 1 amide bonds. The maximum absolute atomic E-state index is 12.0. The lowest BCUT2D eigenvalue weighted by Gasteiger charge is -2.10. The molecule has 0 aliphatic rings. The summed E-state index contributed by atoms with van der Waals surface area (Å²) in [6.45, 7) is 3.19. The maximum Gasteiger partial charge on any atom is 0.331 e. The molecule has 2 aromatic heterocycles. The van der Waals surface area contributed by atoms with Gasteiger partial charge in [-0.1, -0.05) is 29.4 Å². The van der Waals surface area contributed by atoms with E-state index in [4.69, 9.17) is 9.26 Å². The molecule has 2 heterocycles. The Morgan fingerprint density at radius 3 is 2.85 bits per heavy atom. The molecule has 0 fully saturated rings. The number of nitrogens with one attached hydrogen (secondary N) is 1. The van der Waals surface area contributed by atoms with Crippen LogP contribution in [-0.2, 0) is 14.3 Å². The van der Waals surface area contributed by atoms with Crippen molar-refractivity contribution >= 4 is 34.7 Å². The smallest absolute Gasteiger partial charge is 0.331 e. The highest BCUT2D eigenvalue weighted by molar-refractivity contribution is 5.97. The number of carbonyl (C=O) groups excluding carboxylic acids is 2. The van der Waals surface area contributed by atoms with Gasteiger partial charge in [-0.15, -0.1) is 0 Å². The molecule has 0 radical (unpaired) electrons. The summed E-state index contributed by atoms with van der Waals surface area (Å²) < 4.78 is 9.97. The molecule has 0 spiro atoms. The standard InChI is InChI=1S/C19H17N3O4/c1-12-11-16(22-26-12)21-19(24)13(2)25-17(23)9-8-15-6-3-5-14-7-4-10-20-18(14)15/h3-11,13H,1-2H3,(H,21,22,24)/b9-8+. The van der Waals surface area contributed by atoms with Crippen LogP contribution in [0.25, 0.3) is 17.0 Å². The van der Waals surface area contributed by atoms with Gasteiger partial charge in [0.05, 0.1) is 5.52 Å². The molecule has 132 valence electrons. The van der Waals surface area contributed by atoms with Crippen molar-refractivity contribution in [1.82, 2.24) is 10.1 Å². The number of esters is 1. The van der Waals surface area contributed by atoms with Crippen LogP contribution in [0.5, 0.6) is 0 Å². The first kappa shape index (κ1) is 17.3. The van der Waals surface area contributed by atoms with E-state index in [-0.39, 0.29) is 5.82 Å². The predicted octanol–water partition coefficient (Wildman–Crippen LogP) is 3.11. The number of hydrogen-bond donors (Lipinski definition) is 1. The summed E-state index contributed by atoms with van der Waals surface area (Å²) in [4.78, 5) is 28.3. The molecule has 0 saturated carbocycles. The van der Waals surface area contributed by atoms with E-state index in [2.05, 4.69) is 15.5 Å². The fraction of sp³-hybridized carbons (Fsp3) is 0.158. The number of nitrogens with zero attached hydrogens (tertiary/aromatic N) is 2. The summed E-state index contributed by atoms with van der Waals surface area (Å²) in [6.07, 6.45) is 3.60. The molecule has 1 N–H and O–H groups in total. The van der Waals surface area contributed by atoms with Gasteiger partial charge in [0.1, 0.15) is 5.76 Å². The first-order valence-corrected chi connectivity index (χ1v) is 7.99. The molecule has 0 bridgehead atoms. The Balaban J connectivity index is 1.62. The first-order valence-electron chi connectivity index (χ1n) is 7.99. The molecule has 0 aliphatic carbocycles. The summed E-state index contributed by atoms with van der Waals surface area (Å²) in [5.74, 6) is -0.284. The van der Waals surface area contributed by atoms with Crippen LogP contribution < -0.4 is 5.32 Å². The van der Waals surface area contributed by atoms with E-state index >= 15 is 0 Å². The van der Waals surface area contributed by atoms with Crippen LogP contribution in [0.3, 0.4) is 0 Å². The van der Waals surface area contributed by atoms with E-state index in [1.54, 1.807) is 25.3 Å². The molecule has 3 aromatic rings. The quantitative estimate of drug-likeness (QED) is 0.561. The minimum absolute atomic E-state index is 0.271. The Hall–Kier alpha value is -3.48. The second-order valence-electron chi connectivity index (χ2n) is 5.65. The van der Waals surface area contributed by atoms with Crippen molar-refractivity contribution in [3.8, 4) is 0 Å². The van der Waals surface area contributed by atoms with Crippen molar-refractivity contribution in [2.45, 2.75) is 20.0 Å². The van der Waals surface area contributed by atoms with Crippen LogP contribution in [0.4, 0.5) is 5.82 Å². The minimum atomic E-state index is -0.977. The molecule has 3 rings (SSSR count). The number of para-hydroxylation sites is 1. The highest BCUT2D eigenvalue weighted by Gasteiger charge is 2.18. The summed E-state index contributed by atoms with van der Waals surface area (Å²) in [5, 5.41) is 7.14. The summed E-state index contributed by atoms with van der Waals surface area (Å²) in [7, 11) is 0. The largest absolute Gasteiger partial charge is 0.449 e. The average molecular weight is 351 g/mol. The number of pyridine rings is 1. The van der Waals surface area contributed by atoms with E-state index in [1.165, 1.54) is 13.0 Å². The van der Waals surface area contributed by atoms with Crippen molar-refractivity contribution in [1.29, 1.82) is 0 Å². The summed E-state index contributed by atoms with van der Waals surface area (Å²) in [6, 6.07) is 11.0. The fourth-order valence-electron chi connectivity index (χ4n) is 2.34. The lowest BCUT2D eigenvalue weighted by atomic mass is 10.1. The van der Waals surface area contributed by atoms with Crippen LogP contribution in [0.15, 0.2) is 53.2 Å². The van der Waals surface area contributed by atoms with Gasteiger partial charge in [-0.3, -0.25) is 9.78 Å². The van der Waals surface area contributed by atoms with Gasteiger partial charge in [0, 0.05) is 29.3 Å². The number of amides is 1. The Kier molecular flexibility index (Phi) is 5.07. The number of hydrogen-bond acceptors (Lipinski definition) is 6. The third-order valence-electron chi connectivity index (χ3n) is 3.60. The van der Waals surface area contributed by atoms with Crippen molar-refractivity contribution in [2.24, 2.45) is 0 Å². The monoisotopic (exact) mass is 351 g/mol. The Labute approximate surface area is 149 Å². The summed E-state index contributed by atoms with van der Waals surface area (Å²) >= 11 is 0. The Morgan fingerprint density at radius 1 is 1.27 bits per heavy atom. The number of anilines is 1. The average Bonchev–Trinajstić information content (AvgIpc) is 3.04. The summed E-state index contributed by atoms with van der Waals surface area (Å²) in [5.41, 5.74) is 1.57. The molecule has 1 unspecified atom stereocenters. The number of fused-ring (bicyclic) bond motifs is 1. The third kappa shape index (κ3) is 4.13. The van der Waals surface area contributed by atoms with E-state index < -0.39 is 18.0 Å². The number of carbonyl (C=O) groups is 2. The first-order chi connectivity index (χ1) is 12.5. The molecule has 7 nitrogen and oxygen atoms in total. The Morgan fingerprint density at radius 2 is 2.08 bits per heavy atom. The normalized spacial score (nSPS) is 12.2. The highest BCUT2D eigenvalue weighted by Crippen LogP contribution is 2.17. The fourth-order valence-corrected chi connectivity index (χ4v) is 2.34. The molecule has 0 saturated heterocycles. The van der Waals surface area contributed by atoms with Crippen LogP contribution >= 0.6 is 0 Å². The zero-order valence-corrected chi connectivity index (χ0v) is 14.3. The molecule has 7 heteroatoms. The molecular formula is C19H17N3O4. The topological polar surface area (TPSA) is 94.3 Å². The van der Waals surface area contributed by atoms with Gasteiger partial charge in [-0.2, -0.15) is 0 Å². The van der Waals surface area contributed by atoms with E-state index in [0.29, 0.717) is 5.76 Å². The van der Waals surface area contributed by atoms with Gasteiger partial charge in [0.25, 0.3) is 5.91 Å². The zero-order chi connectivity index (χ0) is 18.5. The van der Waals surface area contributed by atoms with Crippen LogP contribution in [-0.4, -0.2) is 28.1 Å². The predicted molar refractivity (Wildman–Crippen MR) is 96.2 cm³/mol. The number of rotatable bonds is 5. The van der Waals surface area contributed by atoms with Gasteiger partial charge >= 0.3 is 5.97 Å². The van der Waals surface area contributed by atoms with Gasteiger partial charge in [-0.25, -0.2) is 4.79 Å². The lowest BCUT2D eigenvalue weighted by molar-refractivity contribution is -0.148. The number of aromatic nitrogens is 2. The van der Waals surface area contributed by atoms with Crippen molar-refractivity contribution in [3.63, 3.8) is 0 Å². The van der Waals surface area contributed by atoms with Gasteiger partial charge < -0.3 is 14.6 Å². The lowest BCUT2D eigenvalue weighted by Crippen LogP contribution is -2.29. The van der Waals surface area contributed by atoms with Gasteiger partial charge in [0.2, 0.25) is 0 Å². The zero-order valence-electron chi connectivity index (χ0n) is 14.3. The van der Waals surface area contributed by atoms with Crippen molar-refractivity contribution in [2.75, 3.05) is 5.32 Å². The number of ether oxygens (including phenoxy) is 1. The molecule has 1 aromatic carbocycles. The number of benzene rings is 1. The van der Waals surface area contributed by atoms with Crippen molar-refractivity contribution in [3.05, 3.63) is 60.0 Å². The molecular weight excluding hydrogens is 334 g/mol. The van der Waals surface area contributed by atoms with Crippen LogP contribution in [0.1, 0.15) is 18.2 Å².